The Kier molecular flexibility index (Phi) is 2.61. The maximum Gasteiger partial charge on any atom is 0.440 e. The molecular weight excluding hydrogens is 195 g/mol. The topological polar surface area (TPSA) is 83.7 Å². The van der Waals surface area contributed by atoms with Crippen LogP contribution in [-0.4, -0.2) is 16.1 Å². The minimum absolute atomic E-state index is 0.600. The van der Waals surface area contributed by atoms with E-state index in [0.717, 1.165) is 12.1 Å². The van der Waals surface area contributed by atoms with Crippen LogP contribution in [0.25, 0.3) is 0 Å². The molecule has 1 amide bonds. The van der Waals surface area contributed by atoms with Gasteiger partial charge >= 0.3 is 6.09 Å². The van der Waals surface area contributed by atoms with Gasteiger partial charge in [-0.15, -0.1) is 5.12 Å². The van der Waals surface area contributed by atoms with Crippen LogP contribution in [0.5, 0.6) is 0 Å². The van der Waals surface area contributed by atoms with E-state index in [0.29, 0.717) is 0 Å². The normalized spacial score (nSPS) is 9.50. The first-order chi connectivity index (χ1) is 6.54. The Bertz CT molecular complexity index is 382. The van der Waals surface area contributed by atoms with E-state index in [-0.39, 0.29) is 0 Å². The van der Waals surface area contributed by atoms with Crippen LogP contribution in [0.4, 0.5) is 20.7 Å². The lowest BCUT2D eigenvalue weighted by molar-refractivity contribution is -0.384. The molecule has 1 aromatic carbocycles. The molecule has 0 saturated heterocycles. The van der Waals surface area contributed by atoms with E-state index in [9.17, 15) is 19.4 Å². The standard InChI is InChI=1S/C7H5FN2O4/c8-9(7(11)12)5-3-1-2-4-6(5)10(13)14/h1-4H,(H,11,12). The Labute approximate surface area is 77.3 Å². The number of para-hydroxylation sites is 2. The van der Waals surface area contributed by atoms with Crippen LogP contribution < -0.4 is 5.12 Å². The summed E-state index contributed by atoms with van der Waals surface area (Å²) >= 11 is 0. The van der Waals surface area contributed by atoms with Crippen molar-refractivity contribution in [2.75, 3.05) is 5.12 Å². The van der Waals surface area contributed by atoms with Crippen LogP contribution in [0.15, 0.2) is 24.3 Å². The van der Waals surface area contributed by atoms with Crippen LogP contribution in [0, 0.1) is 10.1 Å². The molecule has 1 N–H and O–H groups in total. The number of carboxylic acid groups (broad SMARTS) is 1. The molecule has 0 bridgehead atoms. The van der Waals surface area contributed by atoms with Gasteiger partial charge in [0, 0.05) is 6.07 Å². The molecule has 14 heavy (non-hydrogen) atoms. The number of anilines is 1. The van der Waals surface area contributed by atoms with Crippen LogP contribution in [-0.2, 0) is 0 Å². The van der Waals surface area contributed by atoms with Crippen molar-refractivity contribution in [1.29, 1.82) is 0 Å². The molecule has 0 aliphatic rings. The fourth-order valence-corrected chi connectivity index (χ4v) is 0.888. The Balaban J connectivity index is 3.19. The molecule has 0 radical (unpaired) electrons. The quantitative estimate of drug-likeness (QED) is 0.449. The summed E-state index contributed by atoms with van der Waals surface area (Å²) in [6, 6.07) is 4.65. The maximum absolute atomic E-state index is 12.8. The van der Waals surface area contributed by atoms with Crippen LogP contribution in [0.3, 0.4) is 0 Å². The average molecular weight is 200 g/mol. The number of amides is 1. The first kappa shape index (κ1) is 9.90. The number of halogens is 1. The highest BCUT2D eigenvalue weighted by molar-refractivity contribution is 5.86. The zero-order valence-corrected chi connectivity index (χ0v) is 6.75. The van der Waals surface area contributed by atoms with Crippen molar-refractivity contribution in [2.45, 2.75) is 0 Å². The smallest absolute Gasteiger partial charge is 0.440 e. The second-order valence-electron chi connectivity index (χ2n) is 2.31. The summed E-state index contributed by atoms with van der Waals surface area (Å²) in [6.45, 7) is 0. The average Bonchev–Trinajstić information content (AvgIpc) is 2.16. The number of nitrogens with zero attached hydrogens (tertiary/aromatic N) is 2. The lowest BCUT2D eigenvalue weighted by atomic mass is 10.3. The van der Waals surface area contributed by atoms with Gasteiger partial charge in [-0.2, -0.15) is 0 Å². The summed E-state index contributed by atoms with van der Waals surface area (Å²) < 4.78 is 12.8. The number of nitro groups is 1. The van der Waals surface area contributed by atoms with Gasteiger partial charge < -0.3 is 5.11 Å². The van der Waals surface area contributed by atoms with Crippen molar-refractivity contribution in [3.8, 4) is 0 Å². The van der Waals surface area contributed by atoms with E-state index < -0.39 is 27.5 Å². The van der Waals surface area contributed by atoms with Gasteiger partial charge in [-0.3, -0.25) is 10.1 Å². The highest BCUT2D eigenvalue weighted by Gasteiger charge is 2.23. The summed E-state index contributed by atoms with van der Waals surface area (Å²) in [7, 11) is 0. The lowest BCUT2D eigenvalue weighted by Crippen LogP contribution is -2.19. The molecular formula is C7H5FN2O4. The number of nitro benzene ring substituents is 1. The Morgan fingerprint density at radius 1 is 1.50 bits per heavy atom. The first-order valence-corrected chi connectivity index (χ1v) is 3.46. The van der Waals surface area contributed by atoms with Gasteiger partial charge in [0.1, 0.15) is 0 Å². The minimum atomic E-state index is -1.90. The van der Waals surface area contributed by atoms with Gasteiger partial charge in [-0.25, -0.2) is 4.79 Å². The molecule has 0 heterocycles. The summed E-state index contributed by atoms with van der Waals surface area (Å²) in [5, 5.41) is 17.9. The van der Waals surface area contributed by atoms with Crippen LogP contribution in [0.1, 0.15) is 0 Å². The van der Waals surface area contributed by atoms with Gasteiger partial charge in [0.2, 0.25) is 0 Å². The summed E-state index contributed by atoms with van der Waals surface area (Å²) in [4.78, 5) is 19.7. The molecule has 6 nitrogen and oxygen atoms in total. The van der Waals surface area contributed by atoms with E-state index in [1.165, 1.54) is 12.1 Å². The van der Waals surface area contributed by atoms with Crippen LogP contribution >= 0.6 is 0 Å². The molecule has 1 aromatic rings. The SMILES string of the molecule is O=C(O)N(F)c1ccccc1[N+](=O)[O-]. The third-order valence-electron chi connectivity index (χ3n) is 1.46. The fourth-order valence-electron chi connectivity index (χ4n) is 0.888. The fraction of sp³-hybridized carbons (Fsp3) is 0. The van der Waals surface area contributed by atoms with E-state index in [2.05, 4.69) is 0 Å². The number of benzene rings is 1. The van der Waals surface area contributed by atoms with Gasteiger partial charge in [-0.1, -0.05) is 16.6 Å². The molecule has 7 heteroatoms. The number of carbonyl (C=O) groups is 1. The van der Waals surface area contributed by atoms with E-state index >= 15 is 0 Å². The largest absolute Gasteiger partial charge is 0.463 e. The third kappa shape index (κ3) is 1.76. The Morgan fingerprint density at radius 2 is 2.07 bits per heavy atom. The minimum Gasteiger partial charge on any atom is -0.463 e. The van der Waals surface area contributed by atoms with E-state index in [4.69, 9.17) is 5.11 Å². The highest BCUT2D eigenvalue weighted by atomic mass is 19.2. The maximum atomic E-state index is 12.8. The zero-order valence-electron chi connectivity index (χ0n) is 6.75. The molecule has 0 atom stereocenters. The van der Waals surface area contributed by atoms with Crippen LogP contribution in [0.2, 0.25) is 0 Å². The summed E-state index contributed by atoms with van der Waals surface area (Å²) in [5.41, 5.74) is -1.21. The number of rotatable bonds is 2. The van der Waals surface area contributed by atoms with Crippen molar-refractivity contribution in [1.82, 2.24) is 0 Å². The zero-order chi connectivity index (χ0) is 10.7. The molecule has 0 unspecified atom stereocenters. The molecule has 0 fully saturated rings. The van der Waals surface area contributed by atoms with Gasteiger partial charge in [-0.05, 0) is 6.07 Å². The van der Waals surface area contributed by atoms with Crippen molar-refractivity contribution < 1.29 is 19.3 Å². The first-order valence-electron chi connectivity index (χ1n) is 3.46. The monoisotopic (exact) mass is 200 g/mol. The molecule has 0 aromatic heterocycles. The molecule has 74 valence electrons. The van der Waals surface area contributed by atoms with E-state index in [1.54, 1.807) is 0 Å². The molecule has 0 aliphatic carbocycles. The third-order valence-corrected chi connectivity index (χ3v) is 1.46. The van der Waals surface area contributed by atoms with Crippen molar-refractivity contribution in [3.05, 3.63) is 34.4 Å². The van der Waals surface area contributed by atoms with Crippen molar-refractivity contribution >= 4 is 17.5 Å². The molecule has 0 saturated carbocycles. The van der Waals surface area contributed by atoms with Gasteiger partial charge in [0.25, 0.3) is 5.69 Å². The summed E-state index contributed by atoms with van der Waals surface area (Å²) in [5.74, 6) is 0. The van der Waals surface area contributed by atoms with Gasteiger partial charge in [0.15, 0.2) is 5.69 Å². The van der Waals surface area contributed by atoms with Crippen molar-refractivity contribution in [2.24, 2.45) is 0 Å². The Hall–Kier alpha value is -2.18. The molecule has 0 aliphatic heterocycles. The van der Waals surface area contributed by atoms with Gasteiger partial charge in [0.05, 0.1) is 4.92 Å². The number of hydrogen-bond donors (Lipinski definition) is 1. The molecule has 0 spiro atoms. The van der Waals surface area contributed by atoms with E-state index in [1.807, 2.05) is 0 Å². The second-order valence-corrected chi connectivity index (χ2v) is 2.31. The number of hydrogen-bond acceptors (Lipinski definition) is 3. The predicted octanol–water partition coefficient (Wildman–Crippen LogP) is 1.96. The second kappa shape index (κ2) is 3.69. The lowest BCUT2D eigenvalue weighted by Gasteiger charge is -2.06. The Morgan fingerprint density at radius 3 is 2.57 bits per heavy atom. The van der Waals surface area contributed by atoms with Crippen molar-refractivity contribution in [3.63, 3.8) is 0 Å². The molecule has 1 rings (SSSR count). The highest BCUT2D eigenvalue weighted by Crippen LogP contribution is 2.27. The predicted molar refractivity (Wildman–Crippen MR) is 44.7 cm³/mol. The summed E-state index contributed by atoms with van der Waals surface area (Å²) in [6.07, 6.45) is -1.90.